The van der Waals surface area contributed by atoms with E-state index in [9.17, 15) is 4.79 Å². The van der Waals surface area contributed by atoms with Gasteiger partial charge in [-0.15, -0.1) is 0 Å². The third-order valence-corrected chi connectivity index (χ3v) is 3.38. The fraction of sp³-hybridized carbons (Fsp3) is 0.917. The molecule has 0 aromatic heterocycles. The molecule has 0 aliphatic carbocycles. The Labute approximate surface area is 98.8 Å². The smallest absolute Gasteiger partial charge is 0.224 e. The third-order valence-electron chi connectivity index (χ3n) is 3.38. The van der Waals surface area contributed by atoms with Gasteiger partial charge in [-0.2, -0.15) is 0 Å². The number of carbonyl (C=O) groups excluding carboxylic acids is 1. The maximum absolute atomic E-state index is 11.8. The molecule has 1 rings (SSSR count). The molecule has 2 atom stereocenters. The van der Waals surface area contributed by atoms with Crippen LogP contribution in [0.4, 0.5) is 0 Å². The molecule has 2 unspecified atom stereocenters. The van der Waals surface area contributed by atoms with Crippen molar-refractivity contribution in [1.82, 2.24) is 9.80 Å². The Balaban J connectivity index is 2.34. The molecule has 0 bridgehead atoms. The Bertz CT molecular complexity index is 222. The van der Waals surface area contributed by atoms with Crippen molar-refractivity contribution >= 4 is 5.91 Å². The molecule has 2 N–H and O–H groups in total. The fourth-order valence-electron chi connectivity index (χ4n) is 2.07. The minimum Gasteiger partial charge on any atom is -0.340 e. The van der Waals surface area contributed by atoms with Crippen LogP contribution >= 0.6 is 0 Å². The second-order valence-corrected chi connectivity index (χ2v) is 4.86. The van der Waals surface area contributed by atoms with Gasteiger partial charge >= 0.3 is 0 Å². The summed E-state index contributed by atoms with van der Waals surface area (Å²) in [6.45, 7) is 10.1. The minimum absolute atomic E-state index is 0.0277. The highest BCUT2D eigenvalue weighted by Crippen LogP contribution is 2.09. The van der Waals surface area contributed by atoms with Gasteiger partial charge in [-0.05, 0) is 20.3 Å². The lowest BCUT2D eigenvalue weighted by Crippen LogP contribution is -2.51. The predicted molar refractivity (Wildman–Crippen MR) is 66.2 cm³/mol. The molecular formula is C12H25N3O. The van der Waals surface area contributed by atoms with Gasteiger partial charge in [0.2, 0.25) is 5.91 Å². The van der Waals surface area contributed by atoms with Crippen LogP contribution in [0.15, 0.2) is 0 Å². The summed E-state index contributed by atoms with van der Waals surface area (Å²) in [5.41, 5.74) is 5.64. The summed E-state index contributed by atoms with van der Waals surface area (Å²) in [6, 6.07) is 0.603. The number of carbonyl (C=O) groups is 1. The van der Waals surface area contributed by atoms with E-state index >= 15 is 0 Å². The summed E-state index contributed by atoms with van der Waals surface area (Å²) < 4.78 is 0. The second-order valence-electron chi connectivity index (χ2n) is 4.86. The minimum atomic E-state index is -0.0277. The largest absolute Gasteiger partial charge is 0.340 e. The summed E-state index contributed by atoms with van der Waals surface area (Å²) in [5.74, 6) is 0.207. The average molecular weight is 227 g/mol. The first-order valence-electron chi connectivity index (χ1n) is 6.32. The number of hydrogen-bond acceptors (Lipinski definition) is 3. The summed E-state index contributed by atoms with van der Waals surface area (Å²) in [4.78, 5) is 16.2. The van der Waals surface area contributed by atoms with Crippen molar-refractivity contribution in [3.63, 3.8) is 0 Å². The quantitative estimate of drug-likeness (QED) is 0.768. The molecule has 1 fully saturated rings. The molecule has 0 aromatic rings. The van der Waals surface area contributed by atoms with E-state index in [1.165, 1.54) is 6.42 Å². The van der Waals surface area contributed by atoms with Crippen molar-refractivity contribution in [1.29, 1.82) is 0 Å². The summed E-state index contributed by atoms with van der Waals surface area (Å²) >= 11 is 0. The topological polar surface area (TPSA) is 49.6 Å². The van der Waals surface area contributed by atoms with Crippen LogP contribution < -0.4 is 5.73 Å². The number of piperazine rings is 1. The Morgan fingerprint density at radius 2 is 1.81 bits per heavy atom. The molecule has 4 nitrogen and oxygen atoms in total. The molecule has 16 heavy (non-hydrogen) atoms. The molecule has 1 saturated heterocycles. The number of rotatable bonds is 4. The lowest BCUT2D eigenvalue weighted by atomic mass is 10.1. The summed E-state index contributed by atoms with van der Waals surface area (Å²) in [5, 5.41) is 0. The van der Waals surface area contributed by atoms with Gasteiger partial charge in [0.1, 0.15) is 0 Å². The molecule has 0 aromatic carbocycles. The van der Waals surface area contributed by atoms with E-state index in [0.717, 1.165) is 26.2 Å². The standard InChI is InChI=1S/C12H25N3O/c1-4-11(3)14-5-7-15(8-6-14)12(16)9-10(2)13/h10-11H,4-9,13H2,1-3H3. The lowest BCUT2D eigenvalue weighted by molar-refractivity contribution is -0.133. The van der Waals surface area contributed by atoms with Crippen LogP contribution in [0.25, 0.3) is 0 Å². The van der Waals surface area contributed by atoms with Gasteiger partial charge in [-0.3, -0.25) is 9.69 Å². The van der Waals surface area contributed by atoms with Gasteiger partial charge in [0.05, 0.1) is 0 Å². The Hall–Kier alpha value is -0.610. The highest BCUT2D eigenvalue weighted by atomic mass is 16.2. The van der Waals surface area contributed by atoms with Gasteiger partial charge < -0.3 is 10.6 Å². The molecule has 1 aliphatic heterocycles. The van der Waals surface area contributed by atoms with Crippen molar-refractivity contribution in [2.75, 3.05) is 26.2 Å². The van der Waals surface area contributed by atoms with Crippen LogP contribution in [-0.2, 0) is 4.79 Å². The summed E-state index contributed by atoms with van der Waals surface area (Å²) in [7, 11) is 0. The van der Waals surface area contributed by atoms with E-state index in [1.807, 2.05) is 11.8 Å². The predicted octanol–water partition coefficient (Wildman–Crippen LogP) is 0.666. The zero-order valence-corrected chi connectivity index (χ0v) is 10.8. The van der Waals surface area contributed by atoms with E-state index in [-0.39, 0.29) is 11.9 Å². The van der Waals surface area contributed by atoms with Gasteiger partial charge in [0.15, 0.2) is 0 Å². The maximum Gasteiger partial charge on any atom is 0.224 e. The van der Waals surface area contributed by atoms with Crippen LogP contribution in [0.5, 0.6) is 0 Å². The number of nitrogens with two attached hydrogens (primary N) is 1. The van der Waals surface area contributed by atoms with Crippen LogP contribution in [0, 0.1) is 0 Å². The van der Waals surface area contributed by atoms with E-state index in [2.05, 4.69) is 18.7 Å². The molecular weight excluding hydrogens is 202 g/mol. The van der Waals surface area contributed by atoms with Gasteiger partial charge in [-0.25, -0.2) is 0 Å². The molecule has 4 heteroatoms. The zero-order chi connectivity index (χ0) is 12.1. The highest BCUT2D eigenvalue weighted by molar-refractivity contribution is 5.76. The SMILES string of the molecule is CCC(C)N1CCN(C(=O)CC(C)N)CC1. The number of amides is 1. The average Bonchev–Trinajstić information content (AvgIpc) is 2.27. The van der Waals surface area contributed by atoms with Crippen LogP contribution in [0.3, 0.4) is 0 Å². The van der Waals surface area contributed by atoms with Gasteiger partial charge in [0, 0.05) is 44.7 Å². The Morgan fingerprint density at radius 3 is 2.25 bits per heavy atom. The first-order valence-corrected chi connectivity index (χ1v) is 6.32. The van der Waals surface area contributed by atoms with E-state index in [4.69, 9.17) is 5.73 Å². The normalized spacial score (nSPS) is 21.9. The first-order chi connectivity index (χ1) is 7.54. The highest BCUT2D eigenvalue weighted by Gasteiger charge is 2.23. The van der Waals surface area contributed by atoms with Gasteiger partial charge in [-0.1, -0.05) is 6.92 Å². The van der Waals surface area contributed by atoms with E-state index < -0.39 is 0 Å². The zero-order valence-electron chi connectivity index (χ0n) is 10.8. The molecule has 1 aliphatic rings. The Kier molecular flexibility index (Phi) is 5.22. The number of hydrogen-bond donors (Lipinski definition) is 1. The van der Waals surface area contributed by atoms with Crippen LogP contribution in [-0.4, -0.2) is 54.0 Å². The van der Waals surface area contributed by atoms with Crippen molar-refractivity contribution in [3.05, 3.63) is 0 Å². The fourth-order valence-corrected chi connectivity index (χ4v) is 2.07. The lowest BCUT2D eigenvalue weighted by Gasteiger charge is -2.38. The summed E-state index contributed by atoms with van der Waals surface area (Å²) in [6.07, 6.45) is 1.65. The Morgan fingerprint density at radius 1 is 1.25 bits per heavy atom. The molecule has 0 saturated carbocycles. The molecule has 1 heterocycles. The van der Waals surface area contributed by atoms with Crippen LogP contribution in [0.1, 0.15) is 33.6 Å². The molecule has 94 valence electrons. The molecule has 1 amide bonds. The third kappa shape index (κ3) is 3.76. The second kappa shape index (κ2) is 6.21. The molecule has 0 radical (unpaired) electrons. The van der Waals surface area contributed by atoms with Crippen molar-refractivity contribution in [2.45, 2.75) is 45.7 Å². The van der Waals surface area contributed by atoms with Crippen LogP contribution in [0.2, 0.25) is 0 Å². The molecule has 0 spiro atoms. The monoisotopic (exact) mass is 227 g/mol. The number of nitrogens with zero attached hydrogens (tertiary/aromatic N) is 2. The van der Waals surface area contributed by atoms with E-state index in [1.54, 1.807) is 0 Å². The van der Waals surface area contributed by atoms with Crippen molar-refractivity contribution in [2.24, 2.45) is 5.73 Å². The van der Waals surface area contributed by atoms with Gasteiger partial charge in [0.25, 0.3) is 0 Å². The van der Waals surface area contributed by atoms with Crippen molar-refractivity contribution < 1.29 is 4.79 Å². The first kappa shape index (κ1) is 13.5. The van der Waals surface area contributed by atoms with Crippen molar-refractivity contribution in [3.8, 4) is 0 Å². The maximum atomic E-state index is 11.8. The van der Waals surface area contributed by atoms with E-state index in [0.29, 0.717) is 12.5 Å².